The van der Waals surface area contributed by atoms with Crippen molar-refractivity contribution in [2.75, 3.05) is 4.90 Å². The van der Waals surface area contributed by atoms with Crippen LogP contribution in [0, 0.1) is 0 Å². The molecule has 0 atom stereocenters. The average molecular weight is 654 g/mol. The van der Waals surface area contributed by atoms with Gasteiger partial charge in [0.25, 0.3) is 0 Å². The molecule has 10 rings (SSSR count). The van der Waals surface area contributed by atoms with Gasteiger partial charge in [-0.15, -0.1) is 11.3 Å². The van der Waals surface area contributed by atoms with E-state index in [0.29, 0.717) is 0 Å². The molecule has 0 amide bonds. The van der Waals surface area contributed by atoms with Crippen LogP contribution in [0.25, 0.3) is 74.7 Å². The molecule has 0 aliphatic rings. The summed E-state index contributed by atoms with van der Waals surface area (Å²) in [6, 6.07) is 68.8. The number of para-hydroxylation sites is 1. The smallest absolute Gasteiger partial charge is 0.0555 e. The number of hydrogen-bond donors (Lipinski definition) is 0. The second-order valence-corrected chi connectivity index (χ2v) is 14.0. The Kier molecular flexibility index (Phi) is 6.75. The monoisotopic (exact) mass is 653 g/mol. The van der Waals surface area contributed by atoms with Gasteiger partial charge in [-0.1, -0.05) is 140 Å². The van der Waals surface area contributed by atoms with Crippen molar-refractivity contribution in [1.29, 1.82) is 0 Å². The molecular formula is C48H31NS. The molecule has 9 aromatic carbocycles. The van der Waals surface area contributed by atoms with E-state index in [4.69, 9.17) is 0 Å². The maximum Gasteiger partial charge on any atom is 0.0555 e. The molecule has 0 aliphatic carbocycles. The molecule has 1 heterocycles. The van der Waals surface area contributed by atoms with Crippen molar-refractivity contribution in [2.45, 2.75) is 0 Å². The Morgan fingerprint density at radius 3 is 1.82 bits per heavy atom. The Labute approximate surface area is 294 Å². The predicted molar refractivity (Wildman–Crippen MR) is 217 cm³/mol. The van der Waals surface area contributed by atoms with Crippen LogP contribution >= 0.6 is 11.3 Å². The third-order valence-electron chi connectivity index (χ3n) is 10.0. The molecule has 0 aliphatic heterocycles. The van der Waals surface area contributed by atoms with E-state index < -0.39 is 0 Å². The van der Waals surface area contributed by atoms with E-state index in [1.54, 1.807) is 0 Å². The summed E-state index contributed by atoms with van der Waals surface area (Å²) in [7, 11) is 0. The van der Waals surface area contributed by atoms with Crippen LogP contribution in [0.1, 0.15) is 0 Å². The first-order valence-corrected chi connectivity index (χ1v) is 17.9. The molecule has 2 heteroatoms. The third-order valence-corrected chi connectivity index (χ3v) is 11.2. The minimum atomic E-state index is 1.12. The van der Waals surface area contributed by atoms with Crippen molar-refractivity contribution in [3.8, 4) is 22.3 Å². The normalized spacial score (nSPS) is 11.6. The summed E-state index contributed by atoms with van der Waals surface area (Å²) in [5.74, 6) is 0. The maximum atomic E-state index is 2.47. The zero-order valence-electron chi connectivity index (χ0n) is 27.3. The highest BCUT2D eigenvalue weighted by molar-refractivity contribution is 7.26. The summed E-state index contributed by atoms with van der Waals surface area (Å²) in [6.45, 7) is 0. The Bertz CT molecular complexity index is 2880. The number of benzene rings is 9. The number of thiophene rings is 1. The summed E-state index contributed by atoms with van der Waals surface area (Å²) in [4.78, 5) is 2.47. The van der Waals surface area contributed by atoms with E-state index in [1.807, 2.05) is 11.3 Å². The van der Waals surface area contributed by atoms with E-state index in [-0.39, 0.29) is 0 Å². The lowest BCUT2D eigenvalue weighted by Gasteiger charge is -2.29. The highest BCUT2D eigenvalue weighted by Crippen LogP contribution is 2.47. The van der Waals surface area contributed by atoms with Gasteiger partial charge >= 0.3 is 0 Å². The minimum Gasteiger partial charge on any atom is -0.309 e. The van der Waals surface area contributed by atoms with E-state index in [0.717, 1.165) is 11.4 Å². The molecule has 1 aromatic heterocycles. The number of anilines is 3. The molecule has 0 fully saturated rings. The maximum absolute atomic E-state index is 2.47. The Balaban J connectivity index is 1.20. The lowest BCUT2D eigenvalue weighted by molar-refractivity contribution is 1.30. The molecule has 0 saturated heterocycles. The topological polar surface area (TPSA) is 3.24 Å². The molecule has 0 unspecified atom stereocenters. The lowest BCUT2D eigenvalue weighted by atomic mass is 9.93. The van der Waals surface area contributed by atoms with Crippen LogP contribution in [0.4, 0.5) is 17.1 Å². The Morgan fingerprint density at radius 1 is 0.340 bits per heavy atom. The van der Waals surface area contributed by atoms with Crippen molar-refractivity contribution < 1.29 is 0 Å². The van der Waals surface area contributed by atoms with Crippen molar-refractivity contribution >= 4 is 80.9 Å². The molecule has 0 spiro atoms. The number of nitrogens with zero attached hydrogens (tertiary/aromatic N) is 1. The van der Waals surface area contributed by atoms with E-state index in [9.17, 15) is 0 Å². The van der Waals surface area contributed by atoms with Gasteiger partial charge in [0.15, 0.2) is 0 Å². The number of rotatable bonds is 5. The van der Waals surface area contributed by atoms with Crippen LogP contribution in [0.2, 0.25) is 0 Å². The van der Waals surface area contributed by atoms with Gasteiger partial charge in [-0.2, -0.15) is 0 Å². The molecule has 0 saturated carbocycles. The van der Waals surface area contributed by atoms with Gasteiger partial charge < -0.3 is 4.90 Å². The summed E-state index contributed by atoms with van der Waals surface area (Å²) < 4.78 is 2.59. The van der Waals surface area contributed by atoms with Gasteiger partial charge in [-0.3, -0.25) is 0 Å². The van der Waals surface area contributed by atoms with Crippen LogP contribution in [0.15, 0.2) is 188 Å². The van der Waals surface area contributed by atoms with Crippen molar-refractivity contribution in [3.63, 3.8) is 0 Å². The zero-order chi connectivity index (χ0) is 33.0. The first-order valence-electron chi connectivity index (χ1n) is 17.1. The van der Waals surface area contributed by atoms with E-state index >= 15 is 0 Å². The van der Waals surface area contributed by atoms with Gasteiger partial charge in [-0.25, -0.2) is 0 Å². The number of fused-ring (bicyclic) bond motifs is 7. The van der Waals surface area contributed by atoms with Gasteiger partial charge in [-0.05, 0) is 97.5 Å². The molecule has 10 aromatic rings. The average Bonchev–Trinajstić information content (AvgIpc) is 3.58. The van der Waals surface area contributed by atoms with Crippen LogP contribution in [0.3, 0.4) is 0 Å². The van der Waals surface area contributed by atoms with Crippen LogP contribution in [-0.4, -0.2) is 0 Å². The highest BCUT2D eigenvalue weighted by atomic mass is 32.1. The zero-order valence-corrected chi connectivity index (χ0v) is 28.1. The summed E-state index contributed by atoms with van der Waals surface area (Å²) in [5.41, 5.74) is 8.30. The molecule has 0 bridgehead atoms. The number of hydrogen-bond acceptors (Lipinski definition) is 2. The fraction of sp³-hybridized carbons (Fsp3) is 0. The Hall–Kier alpha value is -6.22. The first-order chi connectivity index (χ1) is 24.8. The first kappa shape index (κ1) is 28.8. The SMILES string of the molecule is c1ccc(N(c2ccc(-c3cc4ccccc4c4ccccc34)cc2)c2cccc3sc4ccccc4c23)c(-c2ccc3ccccc3c2)c1. The molecule has 0 N–H and O–H groups in total. The lowest BCUT2D eigenvalue weighted by Crippen LogP contribution is -2.11. The minimum absolute atomic E-state index is 1.12. The molecule has 0 radical (unpaired) electrons. The van der Waals surface area contributed by atoms with Gasteiger partial charge in [0.1, 0.15) is 0 Å². The van der Waals surface area contributed by atoms with Crippen molar-refractivity contribution in [2.24, 2.45) is 0 Å². The third kappa shape index (κ3) is 4.69. The second kappa shape index (κ2) is 11.7. The Morgan fingerprint density at radius 2 is 0.960 bits per heavy atom. The summed E-state index contributed by atoms with van der Waals surface area (Å²) in [6.07, 6.45) is 0. The largest absolute Gasteiger partial charge is 0.309 e. The van der Waals surface area contributed by atoms with Gasteiger partial charge in [0.05, 0.1) is 11.4 Å². The second-order valence-electron chi connectivity index (χ2n) is 12.9. The van der Waals surface area contributed by atoms with Crippen molar-refractivity contribution in [1.82, 2.24) is 0 Å². The molecule has 234 valence electrons. The molecule has 1 nitrogen and oxygen atoms in total. The highest BCUT2D eigenvalue weighted by Gasteiger charge is 2.21. The molecule has 50 heavy (non-hydrogen) atoms. The van der Waals surface area contributed by atoms with Crippen LogP contribution in [-0.2, 0) is 0 Å². The fourth-order valence-corrected chi connectivity index (χ4v) is 8.83. The van der Waals surface area contributed by atoms with Crippen molar-refractivity contribution in [3.05, 3.63) is 188 Å². The summed E-state index contributed by atoms with van der Waals surface area (Å²) >= 11 is 1.86. The fourth-order valence-electron chi connectivity index (χ4n) is 7.70. The molecular weight excluding hydrogens is 623 g/mol. The quantitative estimate of drug-likeness (QED) is 0.167. The summed E-state index contributed by atoms with van der Waals surface area (Å²) in [5, 5.41) is 10.2. The van der Waals surface area contributed by atoms with Crippen LogP contribution < -0.4 is 4.90 Å². The van der Waals surface area contributed by atoms with Gasteiger partial charge in [0, 0.05) is 31.4 Å². The van der Waals surface area contributed by atoms with Crippen LogP contribution in [0.5, 0.6) is 0 Å². The predicted octanol–water partition coefficient (Wildman–Crippen LogP) is 14.3. The standard InChI is InChI=1S/C48H31NS/c1-2-13-34-30-36(25-24-32(34)12-1)39-16-7-9-20-44(39)49(45-21-11-23-47-48(45)42-19-8-10-22-46(42)50-47)37-28-26-33(27-29-37)43-31-35-14-3-4-15-38(35)40-17-5-6-18-41(40)43/h1-31H. The van der Waals surface area contributed by atoms with E-state index in [1.165, 1.54) is 80.4 Å². The van der Waals surface area contributed by atoms with E-state index in [2.05, 4.69) is 193 Å². The van der Waals surface area contributed by atoms with Gasteiger partial charge in [0.2, 0.25) is 0 Å².